The molecule has 0 saturated carbocycles. The van der Waals surface area contributed by atoms with Crippen molar-refractivity contribution < 1.29 is 9.53 Å². The largest absolute Gasteiger partial charge is 0.444 e. The summed E-state index contributed by atoms with van der Waals surface area (Å²) >= 11 is 2.02. The summed E-state index contributed by atoms with van der Waals surface area (Å²) in [5.41, 5.74) is 0.948. The van der Waals surface area contributed by atoms with Crippen LogP contribution in [-0.2, 0) is 11.2 Å². The highest BCUT2D eigenvalue weighted by atomic mass is 32.2. The normalized spacial score (nSPS) is 16.4. The first-order valence-electron chi connectivity index (χ1n) is 8.38. The highest BCUT2D eigenvalue weighted by molar-refractivity contribution is 7.99. The maximum absolute atomic E-state index is 12.0. The minimum absolute atomic E-state index is 0.165. The van der Waals surface area contributed by atoms with Crippen LogP contribution in [0.1, 0.15) is 39.2 Å². The SMILES string of the molecule is CC(C)(C)OC(=O)N1CCC(CSCCc2ccncc2)CC1. The van der Waals surface area contributed by atoms with E-state index in [4.69, 9.17) is 4.74 Å². The number of aryl methyl sites for hydroxylation is 1. The highest BCUT2D eigenvalue weighted by Crippen LogP contribution is 2.23. The number of nitrogens with zero attached hydrogens (tertiary/aromatic N) is 2. The van der Waals surface area contributed by atoms with Crippen LogP contribution in [0.4, 0.5) is 4.79 Å². The molecule has 0 spiro atoms. The fourth-order valence-corrected chi connectivity index (χ4v) is 3.81. The minimum Gasteiger partial charge on any atom is -0.444 e. The van der Waals surface area contributed by atoms with E-state index >= 15 is 0 Å². The Morgan fingerprint density at radius 2 is 1.96 bits per heavy atom. The smallest absolute Gasteiger partial charge is 0.410 e. The molecule has 2 heterocycles. The van der Waals surface area contributed by atoms with Gasteiger partial charge in [0.1, 0.15) is 5.60 Å². The number of thioether (sulfide) groups is 1. The summed E-state index contributed by atoms with van der Waals surface area (Å²) in [6.07, 6.45) is 6.81. The predicted molar refractivity (Wildman–Crippen MR) is 95.8 cm³/mol. The lowest BCUT2D eigenvalue weighted by atomic mass is 9.99. The zero-order chi connectivity index (χ0) is 16.7. The molecule has 0 aliphatic carbocycles. The van der Waals surface area contributed by atoms with Crippen molar-refractivity contribution in [3.63, 3.8) is 0 Å². The van der Waals surface area contributed by atoms with Crippen molar-refractivity contribution in [1.29, 1.82) is 0 Å². The summed E-state index contributed by atoms with van der Waals surface area (Å²) < 4.78 is 5.44. The Bertz CT molecular complexity index is 480. The van der Waals surface area contributed by atoms with Crippen LogP contribution in [0, 0.1) is 5.92 Å². The van der Waals surface area contributed by atoms with Gasteiger partial charge >= 0.3 is 6.09 Å². The number of carbonyl (C=O) groups is 1. The summed E-state index contributed by atoms with van der Waals surface area (Å²) in [6.45, 7) is 7.39. The van der Waals surface area contributed by atoms with Gasteiger partial charge < -0.3 is 9.64 Å². The first-order valence-corrected chi connectivity index (χ1v) is 9.54. The van der Waals surface area contributed by atoms with Crippen LogP contribution in [-0.4, -0.2) is 46.2 Å². The number of pyridine rings is 1. The van der Waals surface area contributed by atoms with Crippen LogP contribution in [0.5, 0.6) is 0 Å². The van der Waals surface area contributed by atoms with Gasteiger partial charge in [0.15, 0.2) is 0 Å². The molecular weight excluding hydrogens is 308 g/mol. The molecule has 23 heavy (non-hydrogen) atoms. The second-order valence-corrected chi connectivity index (χ2v) is 8.24. The molecule has 1 amide bonds. The molecule has 0 atom stereocenters. The number of rotatable bonds is 5. The minimum atomic E-state index is -0.406. The molecule has 1 saturated heterocycles. The van der Waals surface area contributed by atoms with E-state index in [9.17, 15) is 4.79 Å². The molecule has 1 aliphatic heterocycles. The van der Waals surface area contributed by atoms with Crippen molar-refractivity contribution in [3.8, 4) is 0 Å². The van der Waals surface area contributed by atoms with E-state index in [0.29, 0.717) is 0 Å². The van der Waals surface area contributed by atoms with Gasteiger partial charge in [-0.1, -0.05) is 0 Å². The van der Waals surface area contributed by atoms with Gasteiger partial charge in [0.25, 0.3) is 0 Å². The molecule has 0 bridgehead atoms. The van der Waals surface area contributed by atoms with Gasteiger partial charge in [0, 0.05) is 25.5 Å². The van der Waals surface area contributed by atoms with E-state index in [2.05, 4.69) is 17.1 Å². The predicted octanol–water partition coefficient (Wildman–Crippen LogP) is 4.00. The maximum atomic E-state index is 12.0. The van der Waals surface area contributed by atoms with E-state index in [1.165, 1.54) is 11.3 Å². The number of carbonyl (C=O) groups excluding carboxylic acids is 1. The van der Waals surface area contributed by atoms with Gasteiger partial charge in [-0.25, -0.2) is 4.79 Å². The topological polar surface area (TPSA) is 42.4 Å². The molecule has 128 valence electrons. The van der Waals surface area contributed by atoms with Crippen LogP contribution in [0.25, 0.3) is 0 Å². The van der Waals surface area contributed by atoms with Gasteiger partial charge in [-0.15, -0.1) is 0 Å². The molecule has 0 N–H and O–H groups in total. The van der Waals surface area contributed by atoms with Crippen molar-refractivity contribution in [2.75, 3.05) is 24.6 Å². The molecule has 5 heteroatoms. The highest BCUT2D eigenvalue weighted by Gasteiger charge is 2.26. The van der Waals surface area contributed by atoms with Crippen LogP contribution in [0.3, 0.4) is 0 Å². The number of piperidine rings is 1. The number of aromatic nitrogens is 1. The molecule has 0 radical (unpaired) electrons. The molecule has 1 aromatic rings. The van der Waals surface area contributed by atoms with Crippen LogP contribution in [0.15, 0.2) is 24.5 Å². The third kappa shape index (κ3) is 6.81. The van der Waals surface area contributed by atoms with E-state index in [0.717, 1.165) is 44.0 Å². The van der Waals surface area contributed by atoms with Crippen molar-refractivity contribution in [2.45, 2.75) is 45.6 Å². The second kappa shape index (κ2) is 8.57. The Morgan fingerprint density at radius 3 is 2.57 bits per heavy atom. The second-order valence-electron chi connectivity index (χ2n) is 7.09. The number of likely N-dealkylation sites (tertiary alicyclic amines) is 1. The average Bonchev–Trinajstić information content (AvgIpc) is 2.51. The molecule has 0 aromatic carbocycles. The summed E-state index contributed by atoms with van der Waals surface area (Å²) in [7, 11) is 0. The van der Waals surface area contributed by atoms with E-state index in [1.54, 1.807) is 0 Å². The van der Waals surface area contributed by atoms with Crippen molar-refractivity contribution in [2.24, 2.45) is 5.92 Å². The zero-order valence-electron chi connectivity index (χ0n) is 14.5. The Labute approximate surface area is 144 Å². The molecule has 0 unspecified atom stereocenters. The maximum Gasteiger partial charge on any atom is 0.410 e. The van der Waals surface area contributed by atoms with E-state index in [1.807, 2.05) is 49.8 Å². The molecule has 1 fully saturated rings. The monoisotopic (exact) mass is 336 g/mol. The number of hydrogen-bond acceptors (Lipinski definition) is 4. The van der Waals surface area contributed by atoms with E-state index in [-0.39, 0.29) is 6.09 Å². The van der Waals surface area contributed by atoms with Gasteiger partial charge in [-0.05, 0) is 75.2 Å². The van der Waals surface area contributed by atoms with Gasteiger partial charge in [-0.3, -0.25) is 4.98 Å². The summed E-state index contributed by atoms with van der Waals surface area (Å²) in [5.74, 6) is 3.06. The van der Waals surface area contributed by atoms with Gasteiger partial charge in [0.05, 0.1) is 0 Å². The lowest BCUT2D eigenvalue weighted by Gasteiger charge is -2.33. The first kappa shape index (κ1) is 18.1. The summed E-state index contributed by atoms with van der Waals surface area (Å²) in [6, 6.07) is 4.17. The van der Waals surface area contributed by atoms with Crippen LogP contribution < -0.4 is 0 Å². The third-order valence-electron chi connectivity index (χ3n) is 3.90. The Hall–Kier alpha value is -1.23. The van der Waals surface area contributed by atoms with Crippen molar-refractivity contribution in [3.05, 3.63) is 30.1 Å². The molecule has 1 aromatic heterocycles. The molecule has 4 nitrogen and oxygen atoms in total. The van der Waals surface area contributed by atoms with E-state index < -0.39 is 5.60 Å². The Balaban J connectivity index is 1.60. The van der Waals surface area contributed by atoms with Crippen LogP contribution >= 0.6 is 11.8 Å². The van der Waals surface area contributed by atoms with Crippen molar-refractivity contribution in [1.82, 2.24) is 9.88 Å². The first-order chi connectivity index (χ1) is 10.9. The summed E-state index contributed by atoms with van der Waals surface area (Å²) in [4.78, 5) is 17.9. The van der Waals surface area contributed by atoms with Gasteiger partial charge in [0.2, 0.25) is 0 Å². The summed E-state index contributed by atoms with van der Waals surface area (Å²) in [5, 5.41) is 0. The zero-order valence-corrected chi connectivity index (χ0v) is 15.3. The fourth-order valence-electron chi connectivity index (χ4n) is 2.60. The molecule has 2 rings (SSSR count). The lowest BCUT2D eigenvalue weighted by Crippen LogP contribution is -2.42. The Kier molecular flexibility index (Phi) is 6.75. The van der Waals surface area contributed by atoms with Crippen LogP contribution in [0.2, 0.25) is 0 Å². The number of ether oxygens (including phenoxy) is 1. The van der Waals surface area contributed by atoms with Crippen molar-refractivity contribution >= 4 is 17.9 Å². The quantitative estimate of drug-likeness (QED) is 0.762. The number of hydrogen-bond donors (Lipinski definition) is 0. The average molecular weight is 337 g/mol. The molecular formula is C18H28N2O2S. The fraction of sp³-hybridized carbons (Fsp3) is 0.667. The van der Waals surface area contributed by atoms with Gasteiger partial charge in [-0.2, -0.15) is 11.8 Å². The third-order valence-corrected chi connectivity index (χ3v) is 5.10. The standard InChI is InChI=1S/C18H28N2O2S/c1-18(2,3)22-17(21)20-11-6-16(7-12-20)14-23-13-8-15-4-9-19-10-5-15/h4-5,9-10,16H,6-8,11-14H2,1-3H3. The Morgan fingerprint density at radius 1 is 1.30 bits per heavy atom. The lowest BCUT2D eigenvalue weighted by molar-refractivity contribution is 0.0191. The number of amides is 1. The molecule has 1 aliphatic rings.